The van der Waals surface area contributed by atoms with Gasteiger partial charge in [-0.1, -0.05) is 74.5 Å². The lowest BCUT2D eigenvalue weighted by Gasteiger charge is -2.18. The second kappa shape index (κ2) is 9.68. The predicted octanol–water partition coefficient (Wildman–Crippen LogP) is 4.06. The van der Waals surface area contributed by atoms with Gasteiger partial charge < -0.3 is 14.9 Å². The first-order valence-corrected chi connectivity index (χ1v) is 10.4. The van der Waals surface area contributed by atoms with Crippen LogP contribution in [-0.2, 0) is 28.7 Å². The molecule has 1 N–H and O–H groups in total. The highest BCUT2D eigenvalue weighted by atomic mass is 16.6. The molecule has 7 heteroatoms. The Morgan fingerprint density at radius 1 is 1.12 bits per heavy atom. The van der Waals surface area contributed by atoms with E-state index in [1.54, 1.807) is 11.7 Å². The summed E-state index contributed by atoms with van der Waals surface area (Å²) in [4.78, 5) is 17.1. The minimum atomic E-state index is -0.333. The van der Waals surface area contributed by atoms with Gasteiger partial charge in [0.1, 0.15) is 13.7 Å². The number of hydrogen-bond acceptors (Lipinski definition) is 5. The van der Waals surface area contributed by atoms with Crippen molar-refractivity contribution in [2.45, 2.75) is 32.8 Å². The molecule has 0 saturated heterocycles. The normalized spacial score (nSPS) is 11.9. The summed E-state index contributed by atoms with van der Waals surface area (Å²) >= 11 is 0. The SMILES string of the molecule is CNC(=O)/C(=N/OC)c1ccccc1COc1cc(-c2ccc(C(C)(C)C)cc2)nn1C. The molecule has 0 aliphatic carbocycles. The highest BCUT2D eigenvalue weighted by Gasteiger charge is 2.18. The van der Waals surface area contributed by atoms with Crippen molar-refractivity contribution in [2.24, 2.45) is 12.2 Å². The van der Waals surface area contributed by atoms with E-state index in [0.29, 0.717) is 11.4 Å². The van der Waals surface area contributed by atoms with Gasteiger partial charge in [-0.05, 0) is 16.5 Å². The van der Waals surface area contributed by atoms with E-state index in [9.17, 15) is 4.79 Å². The second-order valence-corrected chi connectivity index (χ2v) is 8.47. The molecule has 1 heterocycles. The highest BCUT2D eigenvalue weighted by Crippen LogP contribution is 2.27. The van der Waals surface area contributed by atoms with Gasteiger partial charge in [-0.3, -0.25) is 4.79 Å². The molecule has 3 aromatic rings. The van der Waals surface area contributed by atoms with E-state index in [1.807, 2.05) is 37.4 Å². The molecular formula is C25H30N4O3. The van der Waals surface area contributed by atoms with E-state index in [2.05, 4.69) is 60.6 Å². The molecule has 0 bridgehead atoms. The van der Waals surface area contributed by atoms with Crippen LogP contribution in [0.3, 0.4) is 0 Å². The number of amides is 1. The van der Waals surface area contributed by atoms with Gasteiger partial charge in [-0.25, -0.2) is 4.68 Å². The number of carbonyl (C=O) groups is 1. The molecule has 0 radical (unpaired) electrons. The Morgan fingerprint density at radius 3 is 2.44 bits per heavy atom. The molecule has 2 aromatic carbocycles. The number of aryl methyl sites for hydroxylation is 1. The Morgan fingerprint density at radius 2 is 1.81 bits per heavy atom. The number of carbonyl (C=O) groups excluding carboxylic acids is 1. The number of rotatable bonds is 7. The van der Waals surface area contributed by atoms with Crippen molar-refractivity contribution < 1.29 is 14.4 Å². The molecule has 0 unspecified atom stereocenters. The van der Waals surface area contributed by atoms with Crippen LogP contribution in [0.1, 0.15) is 37.5 Å². The third-order valence-corrected chi connectivity index (χ3v) is 5.16. The monoisotopic (exact) mass is 434 g/mol. The summed E-state index contributed by atoms with van der Waals surface area (Å²) in [7, 11) is 4.81. The number of nitrogens with zero attached hydrogens (tertiary/aromatic N) is 3. The molecule has 0 fully saturated rings. The van der Waals surface area contributed by atoms with Gasteiger partial charge in [0.15, 0.2) is 5.71 Å². The maximum atomic E-state index is 12.3. The molecule has 1 aromatic heterocycles. The maximum Gasteiger partial charge on any atom is 0.273 e. The van der Waals surface area contributed by atoms with Crippen molar-refractivity contribution in [1.29, 1.82) is 0 Å². The molecule has 32 heavy (non-hydrogen) atoms. The van der Waals surface area contributed by atoms with Gasteiger partial charge in [0.25, 0.3) is 5.91 Å². The van der Waals surface area contributed by atoms with Crippen LogP contribution in [0.4, 0.5) is 0 Å². The van der Waals surface area contributed by atoms with Crippen molar-refractivity contribution in [3.05, 3.63) is 71.3 Å². The van der Waals surface area contributed by atoms with E-state index in [4.69, 9.17) is 9.57 Å². The first-order valence-electron chi connectivity index (χ1n) is 10.4. The number of benzene rings is 2. The fraction of sp³-hybridized carbons (Fsp3) is 0.320. The lowest BCUT2D eigenvalue weighted by molar-refractivity contribution is -0.114. The van der Waals surface area contributed by atoms with E-state index >= 15 is 0 Å². The Balaban J connectivity index is 1.82. The minimum absolute atomic E-state index is 0.101. The quantitative estimate of drug-likeness (QED) is 0.449. The van der Waals surface area contributed by atoms with Crippen molar-refractivity contribution >= 4 is 11.6 Å². The van der Waals surface area contributed by atoms with Crippen LogP contribution in [0, 0.1) is 0 Å². The number of hydrogen-bond donors (Lipinski definition) is 1. The number of aromatic nitrogens is 2. The second-order valence-electron chi connectivity index (χ2n) is 8.47. The summed E-state index contributed by atoms with van der Waals surface area (Å²) < 4.78 is 7.77. The van der Waals surface area contributed by atoms with Gasteiger partial charge in [0.2, 0.25) is 5.88 Å². The minimum Gasteiger partial charge on any atom is -0.473 e. The summed E-state index contributed by atoms with van der Waals surface area (Å²) in [6, 6.07) is 17.8. The van der Waals surface area contributed by atoms with Gasteiger partial charge in [0, 0.05) is 31.3 Å². The number of likely N-dealkylation sites (N-methyl/N-ethyl adjacent to an activating group) is 1. The van der Waals surface area contributed by atoms with Gasteiger partial charge in [0.05, 0.1) is 5.69 Å². The molecule has 1 amide bonds. The molecule has 0 aliphatic rings. The largest absolute Gasteiger partial charge is 0.473 e. The number of oxime groups is 1. The third kappa shape index (κ3) is 5.17. The van der Waals surface area contributed by atoms with E-state index in [-0.39, 0.29) is 23.6 Å². The van der Waals surface area contributed by atoms with Crippen molar-refractivity contribution in [2.75, 3.05) is 14.2 Å². The Hall–Kier alpha value is -3.61. The summed E-state index contributed by atoms with van der Waals surface area (Å²) in [5.74, 6) is 0.292. The predicted molar refractivity (Wildman–Crippen MR) is 126 cm³/mol. The Labute approximate surface area is 189 Å². The summed E-state index contributed by atoms with van der Waals surface area (Å²) in [6.45, 7) is 6.83. The van der Waals surface area contributed by atoms with Crippen molar-refractivity contribution in [1.82, 2.24) is 15.1 Å². The van der Waals surface area contributed by atoms with Crippen LogP contribution >= 0.6 is 0 Å². The lowest BCUT2D eigenvalue weighted by atomic mass is 9.86. The lowest BCUT2D eigenvalue weighted by Crippen LogP contribution is -2.29. The summed E-state index contributed by atoms with van der Waals surface area (Å²) in [6.07, 6.45) is 0. The van der Waals surface area contributed by atoms with Crippen LogP contribution in [0.2, 0.25) is 0 Å². The van der Waals surface area contributed by atoms with Gasteiger partial charge >= 0.3 is 0 Å². The van der Waals surface area contributed by atoms with Gasteiger partial charge in [-0.2, -0.15) is 5.10 Å². The number of ether oxygens (including phenoxy) is 1. The van der Waals surface area contributed by atoms with Crippen molar-refractivity contribution in [3.8, 4) is 17.1 Å². The van der Waals surface area contributed by atoms with Crippen molar-refractivity contribution in [3.63, 3.8) is 0 Å². The summed E-state index contributed by atoms with van der Waals surface area (Å²) in [5, 5.41) is 11.1. The van der Waals surface area contributed by atoms with Gasteiger partial charge in [-0.15, -0.1) is 0 Å². The van der Waals surface area contributed by atoms with Crippen LogP contribution in [0.25, 0.3) is 11.3 Å². The Bertz CT molecular complexity index is 1110. The molecule has 0 spiro atoms. The molecule has 7 nitrogen and oxygen atoms in total. The zero-order valence-corrected chi connectivity index (χ0v) is 19.5. The third-order valence-electron chi connectivity index (χ3n) is 5.16. The van der Waals surface area contributed by atoms with Crippen LogP contribution in [-0.4, -0.2) is 35.6 Å². The van der Waals surface area contributed by atoms with Crippen LogP contribution in [0.5, 0.6) is 5.88 Å². The fourth-order valence-corrected chi connectivity index (χ4v) is 3.32. The van der Waals surface area contributed by atoms with E-state index in [0.717, 1.165) is 16.8 Å². The Kier molecular flexibility index (Phi) is 6.98. The zero-order valence-electron chi connectivity index (χ0n) is 19.5. The average molecular weight is 435 g/mol. The number of nitrogens with one attached hydrogen (secondary N) is 1. The fourth-order valence-electron chi connectivity index (χ4n) is 3.32. The smallest absolute Gasteiger partial charge is 0.273 e. The molecule has 0 saturated carbocycles. The molecular weight excluding hydrogens is 404 g/mol. The average Bonchev–Trinajstić information content (AvgIpc) is 3.16. The standard InChI is InChI=1S/C25H30N4O3/c1-25(2,3)19-13-11-17(12-14-19)21-15-22(29(5)27-21)32-16-18-9-7-8-10-20(18)23(28-31-6)24(30)26-4/h7-15H,16H2,1-6H3,(H,26,30)/b28-23+. The summed E-state index contributed by atoms with van der Waals surface area (Å²) in [5.41, 5.74) is 4.89. The van der Waals surface area contributed by atoms with Crippen LogP contribution in [0.15, 0.2) is 59.8 Å². The molecule has 0 aliphatic heterocycles. The first-order chi connectivity index (χ1) is 15.2. The highest BCUT2D eigenvalue weighted by molar-refractivity contribution is 6.45. The maximum absolute atomic E-state index is 12.3. The van der Waals surface area contributed by atoms with E-state index < -0.39 is 0 Å². The van der Waals surface area contributed by atoms with Crippen LogP contribution < -0.4 is 10.1 Å². The van der Waals surface area contributed by atoms with E-state index in [1.165, 1.54) is 12.7 Å². The molecule has 0 atom stereocenters. The molecule has 168 valence electrons. The molecule has 3 rings (SSSR count). The zero-order chi connectivity index (χ0) is 23.3. The first kappa shape index (κ1) is 23.1. The topological polar surface area (TPSA) is 77.7 Å².